The number of carbonyl (C=O) groups excluding carboxylic acids is 1. The summed E-state index contributed by atoms with van der Waals surface area (Å²) in [6.07, 6.45) is 6.10. The Morgan fingerprint density at radius 2 is 1.78 bits per heavy atom. The third-order valence-corrected chi connectivity index (χ3v) is 4.98. The van der Waals surface area contributed by atoms with Gasteiger partial charge in [0, 0.05) is 19.6 Å². The number of piperidine rings is 2. The van der Waals surface area contributed by atoms with Crippen molar-refractivity contribution >= 4 is 11.7 Å². The summed E-state index contributed by atoms with van der Waals surface area (Å²) in [5.41, 5.74) is 0.257. The van der Waals surface area contributed by atoms with Crippen LogP contribution in [-0.2, 0) is 0 Å². The Morgan fingerprint density at radius 1 is 1.09 bits per heavy atom. The summed E-state index contributed by atoms with van der Waals surface area (Å²) in [5.74, 6) is 0.298. The van der Waals surface area contributed by atoms with Gasteiger partial charge in [0.25, 0.3) is 0 Å². The van der Waals surface area contributed by atoms with Gasteiger partial charge < -0.3 is 15.1 Å². The minimum absolute atomic E-state index is 0.188. The number of para-hydroxylation sites is 1. The first-order valence-electron chi connectivity index (χ1n) is 8.75. The Bertz CT molecular complexity index is 523. The number of benzene rings is 1. The highest BCUT2D eigenvalue weighted by atomic mass is 19.1. The van der Waals surface area contributed by atoms with Gasteiger partial charge in [0.05, 0.1) is 5.69 Å². The molecule has 0 atom stereocenters. The second kappa shape index (κ2) is 7.77. The highest BCUT2D eigenvalue weighted by Gasteiger charge is 2.25. The molecule has 23 heavy (non-hydrogen) atoms. The Hall–Kier alpha value is -1.62. The molecular weight excluding hydrogens is 293 g/mol. The number of rotatable bonds is 3. The molecule has 0 radical (unpaired) electrons. The molecule has 2 aliphatic heterocycles. The molecule has 0 unspecified atom stereocenters. The molecule has 3 rings (SSSR count). The topological polar surface area (TPSA) is 35.6 Å². The van der Waals surface area contributed by atoms with Crippen LogP contribution in [0.5, 0.6) is 0 Å². The monoisotopic (exact) mass is 319 g/mol. The maximum atomic E-state index is 13.6. The average molecular weight is 319 g/mol. The quantitative estimate of drug-likeness (QED) is 0.925. The largest absolute Gasteiger partial charge is 0.325 e. The SMILES string of the molecule is O=C(Nc1ccccc1F)N1CCC(CN2CCCCC2)CC1. The second-order valence-electron chi connectivity index (χ2n) is 6.70. The molecule has 2 fully saturated rings. The Labute approximate surface area is 137 Å². The van der Waals surface area contributed by atoms with Gasteiger partial charge in [-0.1, -0.05) is 18.6 Å². The molecule has 5 heteroatoms. The number of urea groups is 1. The molecule has 2 amide bonds. The Morgan fingerprint density at radius 3 is 2.48 bits per heavy atom. The molecule has 0 saturated carbocycles. The number of amides is 2. The van der Waals surface area contributed by atoms with Crippen molar-refractivity contribution < 1.29 is 9.18 Å². The number of hydrogen-bond donors (Lipinski definition) is 1. The fourth-order valence-electron chi connectivity index (χ4n) is 3.58. The normalized spacial score (nSPS) is 20.5. The second-order valence-corrected chi connectivity index (χ2v) is 6.70. The van der Waals surface area contributed by atoms with E-state index >= 15 is 0 Å². The van der Waals surface area contributed by atoms with Crippen molar-refractivity contribution in [3.63, 3.8) is 0 Å². The molecular formula is C18H26FN3O. The van der Waals surface area contributed by atoms with Crippen molar-refractivity contribution in [1.29, 1.82) is 0 Å². The summed E-state index contributed by atoms with van der Waals surface area (Å²) >= 11 is 0. The summed E-state index contributed by atoms with van der Waals surface area (Å²) in [7, 11) is 0. The molecule has 2 saturated heterocycles. The van der Waals surface area contributed by atoms with Crippen molar-refractivity contribution in [3.05, 3.63) is 30.1 Å². The summed E-state index contributed by atoms with van der Waals surface area (Å²) in [6, 6.07) is 6.11. The van der Waals surface area contributed by atoms with E-state index in [0.29, 0.717) is 5.92 Å². The molecule has 0 aromatic heterocycles. The summed E-state index contributed by atoms with van der Waals surface area (Å²) in [4.78, 5) is 16.6. The zero-order chi connectivity index (χ0) is 16.1. The van der Waals surface area contributed by atoms with Crippen molar-refractivity contribution in [1.82, 2.24) is 9.80 Å². The van der Waals surface area contributed by atoms with Crippen LogP contribution in [0, 0.1) is 11.7 Å². The third kappa shape index (κ3) is 4.44. The number of anilines is 1. The molecule has 4 nitrogen and oxygen atoms in total. The number of nitrogens with one attached hydrogen (secondary N) is 1. The minimum atomic E-state index is -0.388. The standard InChI is InChI=1S/C18H26FN3O/c19-16-6-2-3-7-17(16)20-18(23)22-12-8-15(9-13-22)14-21-10-4-1-5-11-21/h2-3,6-7,15H,1,4-5,8-14H2,(H,20,23). The third-order valence-electron chi connectivity index (χ3n) is 4.98. The van der Waals surface area contributed by atoms with Crippen molar-refractivity contribution in [2.24, 2.45) is 5.92 Å². The first-order chi connectivity index (χ1) is 11.2. The van der Waals surface area contributed by atoms with Crippen LogP contribution in [0.25, 0.3) is 0 Å². The smallest absolute Gasteiger partial charge is 0.321 e. The van der Waals surface area contributed by atoms with Crippen LogP contribution in [0.2, 0.25) is 0 Å². The van der Waals surface area contributed by atoms with E-state index in [0.717, 1.165) is 25.9 Å². The maximum Gasteiger partial charge on any atom is 0.321 e. The van der Waals surface area contributed by atoms with E-state index in [1.807, 2.05) is 0 Å². The molecule has 0 spiro atoms. The predicted molar refractivity (Wildman–Crippen MR) is 90.0 cm³/mol. The fraction of sp³-hybridized carbons (Fsp3) is 0.611. The Balaban J connectivity index is 1.45. The Kier molecular flexibility index (Phi) is 5.49. The van der Waals surface area contributed by atoms with Gasteiger partial charge >= 0.3 is 6.03 Å². The van der Waals surface area contributed by atoms with E-state index in [1.54, 1.807) is 23.1 Å². The van der Waals surface area contributed by atoms with E-state index in [2.05, 4.69) is 10.2 Å². The van der Waals surface area contributed by atoms with Crippen LogP contribution >= 0.6 is 0 Å². The fourth-order valence-corrected chi connectivity index (χ4v) is 3.58. The first kappa shape index (κ1) is 16.2. The number of hydrogen-bond acceptors (Lipinski definition) is 2. The lowest BCUT2D eigenvalue weighted by Crippen LogP contribution is -2.44. The zero-order valence-corrected chi connectivity index (χ0v) is 13.6. The van der Waals surface area contributed by atoms with Gasteiger partial charge in [-0.25, -0.2) is 9.18 Å². The summed E-state index contributed by atoms with van der Waals surface area (Å²) in [5, 5.41) is 2.68. The molecule has 1 N–H and O–H groups in total. The number of nitrogens with zero attached hydrogens (tertiary/aromatic N) is 2. The highest BCUT2D eigenvalue weighted by molar-refractivity contribution is 5.89. The zero-order valence-electron chi connectivity index (χ0n) is 13.6. The highest BCUT2D eigenvalue weighted by Crippen LogP contribution is 2.21. The van der Waals surface area contributed by atoms with Gasteiger partial charge in [-0.2, -0.15) is 0 Å². The lowest BCUT2D eigenvalue weighted by atomic mass is 9.95. The van der Waals surface area contributed by atoms with Crippen molar-refractivity contribution in [3.8, 4) is 0 Å². The summed E-state index contributed by atoms with van der Waals surface area (Å²) < 4.78 is 13.6. The average Bonchev–Trinajstić information content (AvgIpc) is 2.58. The lowest BCUT2D eigenvalue weighted by Gasteiger charge is -2.36. The maximum absolute atomic E-state index is 13.6. The van der Waals surface area contributed by atoms with Gasteiger partial charge in [0.1, 0.15) is 5.82 Å². The van der Waals surface area contributed by atoms with E-state index in [-0.39, 0.29) is 17.5 Å². The van der Waals surface area contributed by atoms with Gasteiger partial charge in [-0.3, -0.25) is 0 Å². The van der Waals surface area contributed by atoms with Crippen molar-refractivity contribution in [2.45, 2.75) is 32.1 Å². The van der Waals surface area contributed by atoms with Crippen LogP contribution in [0.4, 0.5) is 14.9 Å². The van der Waals surface area contributed by atoms with Crippen LogP contribution in [0.1, 0.15) is 32.1 Å². The summed E-state index contributed by atoms with van der Waals surface area (Å²) in [6.45, 7) is 5.16. The van der Waals surface area contributed by atoms with Crippen molar-refractivity contribution in [2.75, 3.05) is 38.0 Å². The lowest BCUT2D eigenvalue weighted by molar-refractivity contribution is 0.142. The van der Waals surface area contributed by atoms with E-state index < -0.39 is 0 Å². The number of halogens is 1. The molecule has 1 aromatic rings. The molecule has 126 valence electrons. The molecule has 2 aliphatic rings. The molecule has 2 heterocycles. The van der Waals surface area contributed by atoms with Gasteiger partial charge in [0.15, 0.2) is 0 Å². The van der Waals surface area contributed by atoms with Crippen LogP contribution in [0.15, 0.2) is 24.3 Å². The minimum Gasteiger partial charge on any atom is -0.325 e. The van der Waals surface area contributed by atoms with E-state index in [4.69, 9.17) is 0 Å². The number of likely N-dealkylation sites (tertiary alicyclic amines) is 2. The molecule has 1 aromatic carbocycles. The van der Waals surface area contributed by atoms with Crippen LogP contribution in [-0.4, -0.2) is 48.6 Å². The van der Waals surface area contributed by atoms with Gasteiger partial charge in [-0.15, -0.1) is 0 Å². The van der Waals surface area contributed by atoms with E-state index in [9.17, 15) is 9.18 Å². The molecule has 0 bridgehead atoms. The van der Waals surface area contributed by atoms with Crippen LogP contribution in [0.3, 0.4) is 0 Å². The van der Waals surface area contributed by atoms with Gasteiger partial charge in [-0.05, 0) is 56.8 Å². The predicted octanol–water partition coefficient (Wildman–Crippen LogP) is 3.56. The molecule has 0 aliphatic carbocycles. The number of carbonyl (C=O) groups is 1. The first-order valence-corrected chi connectivity index (χ1v) is 8.75. The van der Waals surface area contributed by atoms with Gasteiger partial charge in [0.2, 0.25) is 0 Å². The van der Waals surface area contributed by atoms with Crippen LogP contribution < -0.4 is 5.32 Å². The van der Waals surface area contributed by atoms with E-state index in [1.165, 1.54) is 45.0 Å².